The first-order valence-electron chi connectivity index (χ1n) is 9.24. The lowest BCUT2D eigenvalue weighted by Crippen LogP contribution is -2.31. The summed E-state index contributed by atoms with van der Waals surface area (Å²) in [5, 5.41) is 16.8. The van der Waals surface area contributed by atoms with Gasteiger partial charge in [-0.15, -0.1) is 0 Å². The standard InChI is InChI=1S/C19H19NO.C4H4O4/c1-13-6-5-8-15-11-20(2)12-16(19(13)15)18-10-14-7-3-4-9-17(14)21-18;5-3(6)1-2-4(7)8/h3-10,16H,11-12H2,1-2H3;1-2H,(H,5,6)(H,7,8)/b;2-1-. The van der Waals surface area contributed by atoms with Crippen molar-refractivity contribution in [2.24, 2.45) is 0 Å². The van der Waals surface area contributed by atoms with Gasteiger partial charge in [-0.2, -0.15) is 0 Å². The number of carbonyl (C=O) groups is 2. The lowest BCUT2D eigenvalue weighted by atomic mass is 9.85. The van der Waals surface area contributed by atoms with Crippen molar-refractivity contribution in [3.8, 4) is 0 Å². The molecule has 4 rings (SSSR count). The van der Waals surface area contributed by atoms with E-state index in [9.17, 15) is 9.59 Å². The molecule has 150 valence electrons. The number of rotatable bonds is 3. The number of hydrogen-bond acceptors (Lipinski definition) is 4. The van der Waals surface area contributed by atoms with E-state index in [-0.39, 0.29) is 0 Å². The molecule has 6 nitrogen and oxygen atoms in total. The molecule has 2 heterocycles. The van der Waals surface area contributed by atoms with E-state index >= 15 is 0 Å². The third-order valence-electron chi connectivity index (χ3n) is 4.85. The van der Waals surface area contributed by atoms with Crippen LogP contribution in [0.1, 0.15) is 28.4 Å². The average Bonchev–Trinajstić information content (AvgIpc) is 3.10. The van der Waals surface area contributed by atoms with Crippen LogP contribution in [0.25, 0.3) is 11.0 Å². The van der Waals surface area contributed by atoms with Gasteiger partial charge in [-0.25, -0.2) is 9.59 Å². The molecule has 2 N–H and O–H groups in total. The number of carboxylic acid groups (broad SMARTS) is 2. The molecule has 1 unspecified atom stereocenters. The van der Waals surface area contributed by atoms with Crippen molar-refractivity contribution in [2.75, 3.05) is 13.6 Å². The second kappa shape index (κ2) is 8.75. The predicted molar refractivity (Wildman–Crippen MR) is 110 cm³/mol. The molecule has 29 heavy (non-hydrogen) atoms. The van der Waals surface area contributed by atoms with Crippen molar-refractivity contribution < 1.29 is 24.2 Å². The average molecular weight is 393 g/mol. The van der Waals surface area contributed by atoms with Gasteiger partial charge in [-0.05, 0) is 42.8 Å². The molecule has 0 fully saturated rings. The van der Waals surface area contributed by atoms with E-state index in [1.165, 1.54) is 22.1 Å². The van der Waals surface area contributed by atoms with Crippen LogP contribution < -0.4 is 0 Å². The van der Waals surface area contributed by atoms with Crippen molar-refractivity contribution in [3.63, 3.8) is 0 Å². The third-order valence-corrected chi connectivity index (χ3v) is 4.85. The lowest BCUT2D eigenvalue weighted by Gasteiger charge is -2.32. The van der Waals surface area contributed by atoms with E-state index in [1.54, 1.807) is 0 Å². The summed E-state index contributed by atoms with van der Waals surface area (Å²) in [5.41, 5.74) is 5.23. The molecule has 0 radical (unpaired) electrons. The van der Waals surface area contributed by atoms with Crippen LogP contribution in [-0.2, 0) is 16.1 Å². The largest absolute Gasteiger partial charge is 0.478 e. The monoisotopic (exact) mass is 393 g/mol. The molecule has 0 spiro atoms. The Hall–Kier alpha value is -3.38. The number of likely N-dealkylation sites (N-methyl/N-ethyl adjacent to an activating group) is 1. The highest BCUT2D eigenvalue weighted by molar-refractivity contribution is 5.89. The van der Waals surface area contributed by atoms with Gasteiger partial charge in [0.2, 0.25) is 0 Å². The Morgan fingerprint density at radius 2 is 1.76 bits per heavy atom. The zero-order valence-corrected chi connectivity index (χ0v) is 16.3. The van der Waals surface area contributed by atoms with Gasteiger partial charge in [0.05, 0.1) is 5.92 Å². The van der Waals surface area contributed by atoms with Gasteiger partial charge in [-0.1, -0.05) is 36.4 Å². The zero-order valence-electron chi connectivity index (χ0n) is 16.3. The van der Waals surface area contributed by atoms with Crippen LogP contribution in [0.2, 0.25) is 0 Å². The lowest BCUT2D eigenvalue weighted by molar-refractivity contribution is -0.134. The van der Waals surface area contributed by atoms with E-state index in [2.05, 4.69) is 55.3 Å². The number of aryl methyl sites for hydroxylation is 1. The van der Waals surface area contributed by atoms with Crippen LogP contribution in [-0.4, -0.2) is 40.6 Å². The summed E-state index contributed by atoms with van der Waals surface area (Å²) >= 11 is 0. The van der Waals surface area contributed by atoms with Crippen LogP contribution in [0.4, 0.5) is 0 Å². The van der Waals surface area contributed by atoms with Gasteiger partial charge < -0.3 is 19.5 Å². The Balaban J connectivity index is 0.000000258. The van der Waals surface area contributed by atoms with E-state index in [1.807, 2.05) is 12.1 Å². The minimum Gasteiger partial charge on any atom is -0.478 e. The van der Waals surface area contributed by atoms with Crippen LogP contribution in [0.15, 0.2) is 65.1 Å². The Morgan fingerprint density at radius 3 is 2.41 bits per heavy atom. The van der Waals surface area contributed by atoms with Gasteiger partial charge >= 0.3 is 11.9 Å². The molecule has 1 aliphatic rings. The molecule has 0 bridgehead atoms. The molecule has 0 saturated heterocycles. The number of para-hydroxylation sites is 1. The molecular weight excluding hydrogens is 370 g/mol. The summed E-state index contributed by atoms with van der Waals surface area (Å²) in [4.78, 5) is 21.5. The number of hydrogen-bond donors (Lipinski definition) is 2. The number of fused-ring (bicyclic) bond motifs is 2. The van der Waals surface area contributed by atoms with E-state index in [4.69, 9.17) is 14.6 Å². The smallest absolute Gasteiger partial charge is 0.328 e. The Bertz CT molecular complexity index is 1020. The minimum atomic E-state index is -1.26. The Kier molecular flexibility index (Phi) is 6.14. The highest BCUT2D eigenvalue weighted by Crippen LogP contribution is 2.37. The van der Waals surface area contributed by atoms with Crippen molar-refractivity contribution in [2.45, 2.75) is 19.4 Å². The summed E-state index contributed by atoms with van der Waals surface area (Å²) in [5.74, 6) is -1.11. The fourth-order valence-electron chi connectivity index (χ4n) is 3.69. The van der Waals surface area contributed by atoms with Gasteiger partial charge in [-0.3, -0.25) is 0 Å². The number of aliphatic carboxylic acids is 2. The van der Waals surface area contributed by atoms with Crippen LogP contribution >= 0.6 is 0 Å². The molecule has 0 amide bonds. The maximum absolute atomic E-state index is 9.55. The minimum absolute atomic E-state index is 0.326. The highest BCUT2D eigenvalue weighted by atomic mass is 16.4. The number of carboxylic acids is 2. The van der Waals surface area contributed by atoms with Crippen LogP contribution in [0, 0.1) is 6.92 Å². The van der Waals surface area contributed by atoms with Crippen molar-refractivity contribution in [1.82, 2.24) is 4.90 Å². The first-order valence-corrected chi connectivity index (χ1v) is 9.24. The summed E-state index contributed by atoms with van der Waals surface area (Å²) < 4.78 is 6.14. The fourth-order valence-corrected chi connectivity index (χ4v) is 3.69. The fraction of sp³-hybridized carbons (Fsp3) is 0.217. The maximum atomic E-state index is 9.55. The SMILES string of the molecule is Cc1cccc2c1C(c1cc3ccccc3o1)CN(C)C2.O=C(O)/C=C\C(=O)O. The summed E-state index contributed by atoms with van der Waals surface area (Å²) in [6.07, 6.45) is 1.12. The van der Waals surface area contributed by atoms with E-state index < -0.39 is 11.9 Å². The third kappa shape index (κ3) is 4.92. The molecule has 1 aromatic heterocycles. The van der Waals surface area contributed by atoms with Crippen molar-refractivity contribution in [3.05, 3.63) is 83.1 Å². The molecule has 3 aromatic rings. The van der Waals surface area contributed by atoms with E-state index in [0.717, 1.165) is 24.4 Å². The number of furan rings is 1. The Morgan fingerprint density at radius 1 is 1.07 bits per heavy atom. The van der Waals surface area contributed by atoms with Crippen molar-refractivity contribution in [1.29, 1.82) is 0 Å². The number of nitrogens with zero attached hydrogens (tertiary/aromatic N) is 1. The number of benzene rings is 2. The Labute approximate surface area is 168 Å². The van der Waals surface area contributed by atoms with Crippen molar-refractivity contribution >= 4 is 22.9 Å². The molecule has 0 aliphatic carbocycles. The van der Waals surface area contributed by atoms with Crippen LogP contribution in [0.5, 0.6) is 0 Å². The normalized spacial score (nSPS) is 16.3. The highest BCUT2D eigenvalue weighted by Gasteiger charge is 2.28. The molecular formula is C23H23NO5. The second-order valence-corrected chi connectivity index (χ2v) is 7.09. The quantitative estimate of drug-likeness (QED) is 0.653. The zero-order chi connectivity index (χ0) is 21.0. The predicted octanol–water partition coefficient (Wildman–Crippen LogP) is 4.03. The topological polar surface area (TPSA) is 91.0 Å². The first-order chi connectivity index (χ1) is 13.8. The molecule has 0 saturated carbocycles. The molecule has 1 atom stereocenters. The maximum Gasteiger partial charge on any atom is 0.328 e. The molecule has 2 aromatic carbocycles. The van der Waals surface area contributed by atoms with Gasteiger partial charge in [0.1, 0.15) is 11.3 Å². The molecule has 1 aliphatic heterocycles. The van der Waals surface area contributed by atoms with Gasteiger partial charge in [0.15, 0.2) is 0 Å². The second-order valence-electron chi connectivity index (χ2n) is 7.09. The first kappa shape index (κ1) is 20.4. The van der Waals surface area contributed by atoms with Gasteiger partial charge in [0, 0.05) is 30.6 Å². The molecule has 6 heteroatoms. The summed E-state index contributed by atoms with van der Waals surface area (Å²) in [6.45, 7) is 4.24. The van der Waals surface area contributed by atoms with Gasteiger partial charge in [0.25, 0.3) is 0 Å². The van der Waals surface area contributed by atoms with Crippen LogP contribution in [0.3, 0.4) is 0 Å². The summed E-state index contributed by atoms with van der Waals surface area (Å²) in [6, 6.07) is 17.1. The van der Waals surface area contributed by atoms with E-state index in [0.29, 0.717) is 18.1 Å². The summed E-state index contributed by atoms with van der Waals surface area (Å²) in [7, 11) is 2.18.